The number of rotatable bonds is 7. The van der Waals surface area contributed by atoms with Crippen LogP contribution in [0.25, 0.3) is 0 Å². The molecule has 0 aromatic carbocycles. The van der Waals surface area contributed by atoms with Gasteiger partial charge in [-0.1, -0.05) is 5.21 Å². The number of piperidine rings is 3. The molecule has 5 rings (SSSR count). The molecule has 3 saturated heterocycles. The number of amides is 1. The molecule has 140 valence electrons. The topological polar surface area (TPSA) is 85.4 Å². The molecule has 0 saturated carbocycles. The maximum absolute atomic E-state index is 12.6. The summed E-state index contributed by atoms with van der Waals surface area (Å²) in [4.78, 5) is 15.0. The first-order valence-corrected chi connectivity index (χ1v) is 9.15. The molecule has 0 spiro atoms. The third kappa shape index (κ3) is 3.66. The van der Waals surface area contributed by atoms with Crippen molar-refractivity contribution in [1.82, 2.24) is 25.2 Å². The predicted molar refractivity (Wildman–Crippen MR) is 92.9 cm³/mol. The molecule has 0 aliphatic carbocycles. The Morgan fingerprint density at radius 1 is 1.50 bits per heavy atom. The van der Waals surface area contributed by atoms with Crippen LogP contribution in [0.5, 0.6) is 0 Å². The number of methoxy groups -OCH3 is 1. The molecule has 8 nitrogen and oxygen atoms in total. The summed E-state index contributed by atoms with van der Waals surface area (Å²) in [7, 11) is 1.65. The minimum absolute atomic E-state index is 0.0646. The Labute approximate surface area is 152 Å². The zero-order chi connectivity index (χ0) is 17.9. The van der Waals surface area contributed by atoms with Gasteiger partial charge in [-0.3, -0.25) is 14.4 Å². The van der Waals surface area contributed by atoms with Gasteiger partial charge in [0.15, 0.2) is 0 Å². The Hall–Kier alpha value is -2.19. The van der Waals surface area contributed by atoms with Crippen LogP contribution in [0.15, 0.2) is 29.0 Å². The first-order chi connectivity index (χ1) is 12.7. The average Bonchev–Trinajstić information content (AvgIpc) is 3.33. The van der Waals surface area contributed by atoms with Crippen molar-refractivity contribution < 1.29 is 13.9 Å². The minimum atomic E-state index is 0.0646. The number of nitrogens with zero attached hydrogens (tertiary/aromatic N) is 4. The van der Waals surface area contributed by atoms with Crippen LogP contribution in [0.1, 0.15) is 24.3 Å². The highest BCUT2D eigenvalue weighted by Crippen LogP contribution is 2.36. The summed E-state index contributed by atoms with van der Waals surface area (Å²) in [5.41, 5.74) is 0.846. The maximum atomic E-state index is 12.6. The molecule has 2 bridgehead atoms. The van der Waals surface area contributed by atoms with E-state index in [2.05, 4.69) is 20.5 Å². The fourth-order valence-electron chi connectivity index (χ4n) is 4.20. The average molecular weight is 359 g/mol. The van der Waals surface area contributed by atoms with E-state index in [0.717, 1.165) is 43.9 Å². The zero-order valence-corrected chi connectivity index (χ0v) is 15.0. The van der Waals surface area contributed by atoms with Gasteiger partial charge in [-0.05, 0) is 37.4 Å². The molecule has 3 fully saturated rings. The largest absolute Gasteiger partial charge is 0.467 e. The molecule has 4 atom stereocenters. The highest BCUT2D eigenvalue weighted by atomic mass is 16.5. The number of nitrogens with one attached hydrogen (secondary N) is 1. The molecule has 2 unspecified atom stereocenters. The van der Waals surface area contributed by atoms with E-state index in [-0.39, 0.29) is 11.8 Å². The van der Waals surface area contributed by atoms with Crippen molar-refractivity contribution in [3.63, 3.8) is 0 Å². The van der Waals surface area contributed by atoms with Crippen LogP contribution in [0.3, 0.4) is 0 Å². The monoisotopic (exact) mass is 359 g/mol. The molecule has 2 aromatic heterocycles. The third-order valence-electron chi connectivity index (χ3n) is 5.51. The molecule has 5 heterocycles. The second-order valence-electron chi connectivity index (χ2n) is 7.20. The van der Waals surface area contributed by atoms with E-state index in [4.69, 9.17) is 9.15 Å². The molecule has 3 aliphatic rings. The Kier molecular flexibility index (Phi) is 5.03. The quantitative estimate of drug-likeness (QED) is 0.795. The minimum Gasteiger partial charge on any atom is -0.467 e. The van der Waals surface area contributed by atoms with E-state index in [1.165, 1.54) is 0 Å². The summed E-state index contributed by atoms with van der Waals surface area (Å²) in [5, 5.41) is 11.3. The standard InChI is InChI=1S/C18H25N5O3/c1-25-12-14-9-23(21-20-14)10-15-7-13-4-5-22(15)11-17(13)18(24)19-8-16-3-2-6-26-16/h2-3,6,9,13,15,17H,4-5,7-8,10-12H2,1H3,(H,19,24)/t13?,15-,17+/m1/s1. The lowest BCUT2D eigenvalue weighted by atomic mass is 9.75. The van der Waals surface area contributed by atoms with Crippen molar-refractivity contribution in [1.29, 1.82) is 0 Å². The predicted octanol–water partition coefficient (Wildman–Crippen LogP) is 1.04. The van der Waals surface area contributed by atoms with Crippen LogP contribution < -0.4 is 5.32 Å². The Balaban J connectivity index is 1.32. The van der Waals surface area contributed by atoms with Crippen molar-refractivity contribution in [2.45, 2.75) is 38.6 Å². The van der Waals surface area contributed by atoms with Gasteiger partial charge in [0.1, 0.15) is 11.5 Å². The van der Waals surface area contributed by atoms with Gasteiger partial charge in [0.25, 0.3) is 0 Å². The lowest BCUT2D eigenvalue weighted by molar-refractivity contribution is -0.133. The fraction of sp³-hybridized carbons (Fsp3) is 0.611. The van der Waals surface area contributed by atoms with Crippen LogP contribution in [0.2, 0.25) is 0 Å². The van der Waals surface area contributed by atoms with E-state index >= 15 is 0 Å². The lowest BCUT2D eigenvalue weighted by Gasteiger charge is -2.49. The summed E-state index contributed by atoms with van der Waals surface area (Å²) in [6.45, 7) is 3.62. The van der Waals surface area contributed by atoms with Gasteiger partial charge in [0.05, 0.1) is 38.1 Å². The summed E-state index contributed by atoms with van der Waals surface area (Å²) >= 11 is 0. The summed E-state index contributed by atoms with van der Waals surface area (Å²) in [6.07, 6.45) is 5.68. The number of ether oxygens (including phenoxy) is 1. The van der Waals surface area contributed by atoms with Crippen LogP contribution >= 0.6 is 0 Å². The summed E-state index contributed by atoms with van der Waals surface area (Å²) in [5.74, 6) is 1.42. The lowest BCUT2D eigenvalue weighted by Crippen LogP contribution is -2.57. The second-order valence-corrected chi connectivity index (χ2v) is 7.20. The van der Waals surface area contributed by atoms with Crippen molar-refractivity contribution >= 4 is 5.91 Å². The summed E-state index contributed by atoms with van der Waals surface area (Å²) < 4.78 is 12.3. The SMILES string of the molecule is COCc1cn(C[C@H]2CC3CCN2C[C@@H]3C(=O)NCc2ccco2)nn1. The van der Waals surface area contributed by atoms with Gasteiger partial charge in [-0.2, -0.15) is 0 Å². The molecule has 8 heteroatoms. The highest BCUT2D eigenvalue weighted by molar-refractivity contribution is 5.79. The molecule has 0 radical (unpaired) electrons. The van der Waals surface area contributed by atoms with Gasteiger partial charge < -0.3 is 14.5 Å². The first-order valence-electron chi connectivity index (χ1n) is 9.15. The first kappa shape index (κ1) is 17.2. The van der Waals surface area contributed by atoms with Gasteiger partial charge in [0.2, 0.25) is 5.91 Å². The van der Waals surface area contributed by atoms with Crippen LogP contribution in [0.4, 0.5) is 0 Å². The molecule has 26 heavy (non-hydrogen) atoms. The third-order valence-corrected chi connectivity index (χ3v) is 5.51. The number of carbonyl (C=O) groups excluding carboxylic acids is 1. The molecule has 3 aliphatic heterocycles. The molecule has 2 aromatic rings. The van der Waals surface area contributed by atoms with E-state index in [1.54, 1.807) is 13.4 Å². The second kappa shape index (κ2) is 7.59. The van der Waals surface area contributed by atoms with E-state index in [9.17, 15) is 4.79 Å². The normalized spacial score (nSPS) is 27.6. The Bertz CT molecular complexity index is 729. The summed E-state index contributed by atoms with van der Waals surface area (Å²) in [6, 6.07) is 4.13. The van der Waals surface area contributed by atoms with Crippen LogP contribution in [0, 0.1) is 11.8 Å². The van der Waals surface area contributed by atoms with Gasteiger partial charge in [0, 0.05) is 19.7 Å². The number of carbonyl (C=O) groups is 1. The molecular weight excluding hydrogens is 334 g/mol. The van der Waals surface area contributed by atoms with Crippen molar-refractivity contribution in [3.8, 4) is 0 Å². The fourth-order valence-corrected chi connectivity index (χ4v) is 4.20. The van der Waals surface area contributed by atoms with Gasteiger partial charge in [-0.15, -0.1) is 5.10 Å². The van der Waals surface area contributed by atoms with E-state index < -0.39 is 0 Å². The van der Waals surface area contributed by atoms with Crippen molar-refractivity contribution in [2.24, 2.45) is 11.8 Å². The Morgan fingerprint density at radius 2 is 2.42 bits per heavy atom. The zero-order valence-electron chi connectivity index (χ0n) is 15.0. The van der Waals surface area contributed by atoms with Gasteiger partial charge in [-0.25, -0.2) is 0 Å². The molecule has 1 N–H and O–H groups in total. The number of hydrogen-bond acceptors (Lipinski definition) is 6. The number of hydrogen-bond donors (Lipinski definition) is 1. The van der Waals surface area contributed by atoms with Crippen LogP contribution in [-0.4, -0.2) is 52.0 Å². The van der Waals surface area contributed by atoms with Crippen LogP contribution in [-0.2, 0) is 29.2 Å². The molecule has 1 amide bonds. The van der Waals surface area contributed by atoms with Crippen molar-refractivity contribution in [3.05, 3.63) is 36.0 Å². The molecular formula is C18H25N5O3. The number of furan rings is 1. The van der Waals surface area contributed by atoms with Gasteiger partial charge >= 0.3 is 0 Å². The number of fused-ring (bicyclic) bond motifs is 3. The maximum Gasteiger partial charge on any atom is 0.225 e. The van der Waals surface area contributed by atoms with Crippen molar-refractivity contribution in [2.75, 3.05) is 20.2 Å². The Morgan fingerprint density at radius 3 is 3.15 bits per heavy atom. The smallest absolute Gasteiger partial charge is 0.225 e. The van der Waals surface area contributed by atoms with E-state index in [1.807, 2.05) is 23.0 Å². The van der Waals surface area contributed by atoms with E-state index in [0.29, 0.717) is 25.1 Å². The number of aromatic nitrogens is 3. The highest BCUT2D eigenvalue weighted by Gasteiger charge is 2.43.